The first kappa shape index (κ1) is 32.0. The van der Waals surface area contributed by atoms with E-state index in [1.165, 1.54) is 13.1 Å². The number of aromatic nitrogens is 1. The lowest BCUT2D eigenvalue weighted by molar-refractivity contribution is -0.114. The van der Waals surface area contributed by atoms with E-state index in [9.17, 15) is 4.79 Å². The summed E-state index contributed by atoms with van der Waals surface area (Å²) in [4.78, 5) is 11.5. The van der Waals surface area contributed by atoms with Gasteiger partial charge in [-0.25, -0.2) is 3.97 Å². The average Bonchev–Trinajstić information content (AvgIpc) is 3.40. The van der Waals surface area contributed by atoms with E-state index >= 15 is 7.77 Å². The van der Waals surface area contributed by atoms with Crippen molar-refractivity contribution in [3.63, 3.8) is 0 Å². The van der Waals surface area contributed by atoms with Gasteiger partial charge < -0.3 is 10.1 Å². The first-order valence-corrected chi connectivity index (χ1v) is 15.5. The van der Waals surface area contributed by atoms with Gasteiger partial charge in [0.2, 0.25) is 5.91 Å². The highest BCUT2D eigenvalue weighted by atomic mass is 32.3. The van der Waals surface area contributed by atoms with Gasteiger partial charge in [0.15, 0.2) is 0 Å². The third-order valence-electron chi connectivity index (χ3n) is 7.13. The fraction of sp³-hybridized carbons (Fsp3) is 0.314. The molecule has 0 bridgehead atoms. The van der Waals surface area contributed by atoms with Gasteiger partial charge in [-0.3, -0.25) is 4.79 Å². The Labute approximate surface area is 256 Å². The van der Waals surface area contributed by atoms with E-state index in [0.29, 0.717) is 17.0 Å². The SMILES string of the molecule is COc1c(/C=C/C2=NS(F)(F)n3cccc3/C(c3ccc(NC(C)=O)cc3)=C\C(C)=C2)cc(C(C)(C)C)cc1C(C)(C)C. The third-order valence-corrected chi connectivity index (χ3v) is 8.36. The summed E-state index contributed by atoms with van der Waals surface area (Å²) in [5.41, 5.74) is 5.99. The van der Waals surface area contributed by atoms with E-state index in [1.54, 1.807) is 43.5 Å². The zero-order chi connectivity index (χ0) is 31.7. The largest absolute Gasteiger partial charge is 0.496 e. The molecule has 2 heterocycles. The van der Waals surface area contributed by atoms with Crippen molar-refractivity contribution in [1.29, 1.82) is 0 Å². The molecule has 4 rings (SSSR count). The molecule has 1 aromatic heterocycles. The van der Waals surface area contributed by atoms with Crippen LogP contribution in [-0.2, 0) is 15.6 Å². The molecule has 43 heavy (non-hydrogen) atoms. The van der Waals surface area contributed by atoms with Crippen molar-refractivity contribution in [2.45, 2.75) is 66.2 Å². The quantitative estimate of drug-likeness (QED) is 0.315. The number of halogens is 2. The zero-order valence-electron chi connectivity index (χ0n) is 26.4. The summed E-state index contributed by atoms with van der Waals surface area (Å²) in [5.74, 6) is 0.540. The number of benzene rings is 2. The van der Waals surface area contributed by atoms with Crippen LogP contribution in [0.25, 0.3) is 11.6 Å². The number of anilines is 1. The first-order valence-electron chi connectivity index (χ1n) is 14.2. The van der Waals surface area contributed by atoms with Crippen molar-refractivity contribution in [2.75, 3.05) is 12.4 Å². The molecule has 2 aromatic carbocycles. The van der Waals surface area contributed by atoms with Gasteiger partial charge in [0.1, 0.15) is 5.75 Å². The molecule has 0 aliphatic carbocycles. The number of rotatable bonds is 5. The summed E-state index contributed by atoms with van der Waals surface area (Å²) in [5, 5.41) is 2.74. The van der Waals surface area contributed by atoms with E-state index in [2.05, 4.69) is 63.4 Å². The van der Waals surface area contributed by atoms with Gasteiger partial charge in [-0.1, -0.05) is 59.7 Å². The number of nitrogens with one attached hydrogen (secondary N) is 1. The van der Waals surface area contributed by atoms with Gasteiger partial charge in [-0.15, -0.1) is 7.77 Å². The highest BCUT2D eigenvalue weighted by molar-refractivity contribution is 8.23. The van der Waals surface area contributed by atoms with Crippen molar-refractivity contribution < 1.29 is 17.3 Å². The number of nitrogens with zero attached hydrogens (tertiary/aromatic N) is 2. The van der Waals surface area contributed by atoms with E-state index < -0.39 is 11.2 Å². The Balaban J connectivity index is 1.85. The smallest absolute Gasteiger partial charge is 0.253 e. The van der Waals surface area contributed by atoms with E-state index in [0.717, 1.165) is 37.5 Å². The summed E-state index contributed by atoms with van der Waals surface area (Å²) in [6, 6.07) is 14.7. The summed E-state index contributed by atoms with van der Waals surface area (Å²) in [6.45, 7) is 16.2. The van der Waals surface area contributed by atoms with Crippen LogP contribution in [0.3, 0.4) is 0 Å². The van der Waals surface area contributed by atoms with Crippen LogP contribution in [0.2, 0.25) is 0 Å². The molecule has 0 spiro atoms. The normalized spacial score (nSPS) is 17.4. The van der Waals surface area contributed by atoms with Crippen LogP contribution in [0.1, 0.15) is 83.3 Å². The molecular weight excluding hydrogens is 564 g/mol. The maximum Gasteiger partial charge on any atom is 0.253 e. The number of fused-ring (bicyclic) bond motifs is 1. The highest BCUT2D eigenvalue weighted by Gasteiger charge is 2.29. The summed E-state index contributed by atoms with van der Waals surface area (Å²) in [7, 11) is 1.64. The number of amides is 1. The number of carbonyl (C=O) groups excluding carboxylic acids is 1. The van der Waals surface area contributed by atoms with Crippen LogP contribution >= 0.6 is 11.2 Å². The van der Waals surface area contributed by atoms with Crippen LogP contribution < -0.4 is 10.1 Å². The zero-order valence-corrected chi connectivity index (χ0v) is 27.2. The molecule has 5 nitrogen and oxygen atoms in total. The second-order valence-corrected chi connectivity index (χ2v) is 14.2. The number of allylic oxidation sites excluding steroid dienone is 4. The minimum Gasteiger partial charge on any atom is -0.496 e. The molecular formula is C35H41F2N3O2S. The molecule has 0 unspecified atom stereocenters. The molecule has 0 saturated heterocycles. The summed E-state index contributed by atoms with van der Waals surface area (Å²) in [6.07, 6.45) is 8.41. The number of hydrogen-bond acceptors (Lipinski definition) is 3. The van der Waals surface area contributed by atoms with Crippen molar-refractivity contribution in [3.8, 4) is 5.75 Å². The lowest BCUT2D eigenvalue weighted by Gasteiger charge is -2.28. The number of hydrogen-bond donors (Lipinski definition) is 1. The standard InChI is InChI=1S/C35H41F2N3O2S/c1-23-19-29(17-14-26-21-27(34(3,4)5)22-31(33(26)42-9)35(6,7)8)39-43(36,37)40-18-10-11-32(40)30(20-23)25-12-15-28(16-13-25)38-24(2)41/h10-22H,1-9H3,(H,38,41)/b17-14+,23-19?,30-20-,39-29?. The monoisotopic (exact) mass is 605 g/mol. The second kappa shape index (κ2) is 12.0. The fourth-order valence-corrected chi connectivity index (χ4v) is 6.02. The lowest BCUT2D eigenvalue weighted by atomic mass is 9.79. The average molecular weight is 606 g/mol. The molecule has 0 radical (unpaired) electrons. The van der Waals surface area contributed by atoms with Gasteiger partial charge in [-0.2, -0.15) is 4.40 Å². The Bertz CT molecular complexity index is 1650. The van der Waals surface area contributed by atoms with Crippen molar-refractivity contribution in [2.24, 2.45) is 4.40 Å². The number of carbonyl (C=O) groups is 1. The molecule has 0 fully saturated rings. The maximum atomic E-state index is 15.9. The van der Waals surface area contributed by atoms with E-state index in [-0.39, 0.29) is 22.4 Å². The molecule has 0 atom stereocenters. The minimum absolute atomic E-state index is 0.120. The molecule has 1 aliphatic heterocycles. The number of ether oxygens (including phenoxy) is 1. The number of methoxy groups -OCH3 is 1. The minimum atomic E-state index is -4.62. The van der Waals surface area contributed by atoms with Crippen LogP contribution in [0.5, 0.6) is 5.75 Å². The molecule has 3 aromatic rings. The predicted octanol–water partition coefficient (Wildman–Crippen LogP) is 9.85. The van der Waals surface area contributed by atoms with Crippen LogP contribution in [0, 0.1) is 0 Å². The Morgan fingerprint density at radius 2 is 1.65 bits per heavy atom. The Kier molecular flexibility index (Phi) is 8.93. The van der Waals surface area contributed by atoms with Crippen LogP contribution in [-0.4, -0.2) is 22.7 Å². The first-order chi connectivity index (χ1) is 20.0. The van der Waals surface area contributed by atoms with Gasteiger partial charge >= 0.3 is 0 Å². The van der Waals surface area contributed by atoms with Gasteiger partial charge in [0, 0.05) is 35.5 Å². The lowest BCUT2D eigenvalue weighted by Crippen LogP contribution is -2.18. The Morgan fingerprint density at radius 3 is 2.23 bits per heavy atom. The van der Waals surface area contributed by atoms with Crippen molar-refractivity contribution in [1.82, 2.24) is 3.97 Å². The topological polar surface area (TPSA) is 55.6 Å². The van der Waals surface area contributed by atoms with E-state index in [4.69, 9.17) is 4.74 Å². The highest BCUT2D eigenvalue weighted by Crippen LogP contribution is 2.57. The summed E-state index contributed by atoms with van der Waals surface area (Å²) < 4.78 is 42.7. The van der Waals surface area contributed by atoms with Gasteiger partial charge in [0.25, 0.3) is 11.2 Å². The Morgan fingerprint density at radius 1 is 0.977 bits per heavy atom. The maximum absolute atomic E-state index is 15.9. The van der Waals surface area contributed by atoms with Crippen LogP contribution in [0.15, 0.2) is 82.9 Å². The Hall–Kier alpha value is -3.91. The molecule has 8 heteroatoms. The predicted molar refractivity (Wildman–Crippen MR) is 178 cm³/mol. The molecule has 0 saturated carbocycles. The van der Waals surface area contributed by atoms with Crippen molar-refractivity contribution in [3.05, 3.63) is 106 Å². The second-order valence-electron chi connectivity index (χ2n) is 12.8. The van der Waals surface area contributed by atoms with Gasteiger partial charge in [-0.05, 0) is 89.1 Å². The van der Waals surface area contributed by atoms with Crippen LogP contribution in [0.4, 0.5) is 13.5 Å². The molecule has 1 amide bonds. The molecule has 228 valence electrons. The van der Waals surface area contributed by atoms with Crippen molar-refractivity contribution >= 4 is 40.1 Å². The molecule has 1 aliphatic rings. The molecule has 1 N–H and O–H groups in total. The van der Waals surface area contributed by atoms with Gasteiger partial charge in [0.05, 0.1) is 18.5 Å². The third kappa shape index (κ3) is 7.36. The fourth-order valence-electron chi connectivity index (χ4n) is 4.95. The van der Waals surface area contributed by atoms with E-state index in [1.807, 2.05) is 31.2 Å². The summed E-state index contributed by atoms with van der Waals surface area (Å²) >= 11 is -4.62.